The van der Waals surface area contributed by atoms with Crippen LogP contribution in [0, 0.1) is 15.9 Å². The Hall–Kier alpha value is -1.95. The van der Waals surface area contributed by atoms with Gasteiger partial charge < -0.3 is 5.32 Å². The van der Waals surface area contributed by atoms with Gasteiger partial charge in [-0.05, 0) is 29.8 Å². The zero-order valence-electron chi connectivity index (χ0n) is 9.77. The molecule has 98 valence electrons. The van der Waals surface area contributed by atoms with Crippen LogP contribution >= 0.6 is 15.9 Å². The van der Waals surface area contributed by atoms with Gasteiger partial charge in [0.2, 0.25) is 0 Å². The van der Waals surface area contributed by atoms with E-state index in [0.29, 0.717) is 12.2 Å². The Morgan fingerprint density at radius 3 is 2.74 bits per heavy atom. The van der Waals surface area contributed by atoms with E-state index in [4.69, 9.17) is 0 Å². The Balaban J connectivity index is 2.17. The quantitative estimate of drug-likeness (QED) is 0.680. The number of benzene rings is 2. The van der Waals surface area contributed by atoms with Crippen molar-refractivity contribution < 1.29 is 9.31 Å². The smallest absolute Gasteiger partial charge is 0.295 e. The first kappa shape index (κ1) is 13.5. The third-order valence-electron chi connectivity index (χ3n) is 2.53. The minimum absolute atomic E-state index is 0.269. The molecule has 4 nitrogen and oxygen atoms in total. The second-order valence-corrected chi connectivity index (χ2v) is 4.82. The van der Waals surface area contributed by atoms with Gasteiger partial charge in [0.15, 0.2) is 0 Å². The van der Waals surface area contributed by atoms with Crippen molar-refractivity contribution in [3.8, 4) is 0 Å². The van der Waals surface area contributed by atoms with E-state index in [9.17, 15) is 14.5 Å². The van der Waals surface area contributed by atoms with E-state index >= 15 is 0 Å². The first-order valence-electron chi connectivity index (χ1n) is 5.48. The molecule has 6 heteroatoms. The summed E-state index contributed by atoms with van der Waals surface area (Å²) in [7, 11) is 0. The Bertz CT molecular complexity index is 619. The number of rotatable bonds is 4. The summed E-state index contributed by atoms with van der Waals surface area (Å²) in [6.07, 6.45) is 0. The van der Waals surface area contributed by atoms with Crippen LogP contribution in [0.2, 0.25) is 0 Å². The second-order valence-electron chi connectivity index (χ2n) is 3.90. The number of nitrogens with zero attached hydrogens (tertiary/aromatic N) is 1. The number of nitro groups is 1. The van der Waals surface area contributed by atoms with Gasteiger partial charge in [0.25, 0.3) is 5.69 Å². The molecule has 2 rings (SSSR count). The first-order valence-corrected chi connectivity index (χ1v) is 6.28. The summed E-state index contributed by atoms with van der Waals surface area (Å²) in [6.45, 7) is 0.423. The summed E-state index contributed by atoms with van der Waals surface area (Å²) >= 11 is 3.35. The fourth-order valence-corrected chi connectivity index (χ4v) is 2.10. The molecular weight excluding hydrogens is 315 g/mol. The van der Waals surface area contributed by atoms with E-state index in [2.05, 4.69) is 21.2 Å². The zero-order chi connectivity index (χ0) is 13.8. The monoisotopic (exact) mass is 324 g/mol. The molecule has 0 aromatic heterocycles. The summed E-state index contributed by atoms with van der Waals surface area (Å²) in [6, 6.07) is 11.0. The van der Waals surface area contributed by atoms with Gasteiger partial charge in [-0.25, -0.2) is 4.39 Å². The van der Waals surface area contributed by atoms with Gasteiger partial charge in [-0.15, -0.1) is 0 Å². The lowest BCUT2D eigenvalue weighted by Gasteiger charge is -2.07. The Labute approximate surface area is 117 Å². The molecule has 0 fully saturated rings. The highest BCUT2D eigenvalue weighted by Gasteiger charge is 2.14. The fraction of sp³-hybridized carbons (Fsp3) is 0.0769. The lowest BCUT2D eigenvalue weighted by Crippen LogP contribution is -2.03. The number of anilines is 1. The van der Waals surface area contributed by atoms with E-state index in [1.165, 1.54) is 12.1 Å². The largest absolute Gasteiger partial charge is 0.375 e. The SMILES string of the molecule is O=[N+]([O-])c1cc(F)ccc1NCc1cccc(Br)c1. The molecule has 0 unspecified atom stereocenters. The summed E-state index contributed by atoms with van der Waals surface area (Å²) in [4.78, 5) is 10.2. The van der Waals surface area contributed by atoms with Crippen LogP contribution in [0.15, 0.2) is 46.9 Å². The lowest BCUT2D eigenvalue weighted by atomic mass is 10.2. The van der Waals surface area contributed by atoms with Crippen LogP contribution < -0.4 is 5.32 Å². The third-order valence-corrected chi connectivity index (χ3v) is 3.02. The van der Waals surface area contributed by atoms with E-state index in [1.807, 2.05) is 24.3 Å². The molecule has 0 saturated carbocycles. The zero-order valence-corrected chi connectivity index (χ0v) is 11.4. The lowest BCUT2D eigenvalue weighted by molar-refractivity contribution is -0.384. The standard InChI is InChI=1S/C13H10BrFN2O2/c14-10-3-1-2-9(6-10)8-16-12-5-4-11(15)7-13(12)17(18)19/h1-7,16H,8H2. The van der Waals surface area contributed by atoms with Crippen LogP contribution in [0.5, 0.6) is 0 Å². The van der Waals surface area contributed by atoms with E-state index < -0.39 is 10.7 Å². The van der Waals surface area contributed by atoms with Crippen LogP contribution in [-0.4, -0.2) is 4.92 Å². The van der Waals surface area contributed by atoms with Gasteiger partial charge in [0.05, 0.1) is 11.0 Å². The molecule has 19 heavy (non-hydrogen) atoms. The maximum Gasteiger partial charge on any atom is 0.295 e. The Morgan fingerprint density at radius 2 is 2.05 bits per heavy atom. The summed E-state index contributed by atoms with van der Waals surface area (Å²) in [5, 5.41) is 13.8. The molecule has 0 aliphatic carbocycles. The van der Waals surface area contributed by atoms with Gasteiger partial charge in [0.1, 0.15) is 11.5 Å². The van der Waals surface area contributed by atoms with Crippen LogP contribution in [0.1, 0.15) is 5.56 Å². The number of nitro benzene ring substituents is 1. The van der Waals surface area contributed by atoms with E-state index in [0.717, 1.165) is 16.1 Å². The molecule has 0 saturated heterocycles. The highest BCUT2D eigenvalue weighted by molar-refractivity contribution is 9.10. The molecule has 0 radical (unpaired) electrons. The number of hydrogen-bond donors (Lipinski definition) is 1. The third kappa shape index (κ3) is 3.51. The average Bonchev–Trinajstić information content (AvgIpc) is 2.37. The average molecular weight is 325 g/mol. The molecule has 0 aliphatic rings. The molecule has 2 aromatic rings. The molecule has 0 aliphatic heterocycles. The van der Waals surface area contributed by atoms with Crippen LogP contribution in [0.3, 0.4) is 0 Å². The normalized spacial score (nSPS) is 10.2. The van der Waals surface area contributed by atoms with Crippen LogP contribution in [0.25, 0.3) is 0 Å². The highest BCUT2D eigenvalue weighted by Crippen LogP contribution is 2.25. The summed E-state index contributed by atoms with van der Waals surface area (Å²) < 4.78 is 13.9. The van der Waals surface area contributed by atoms with Crippen molar-refractivity contribution in [1.82, 2.24) is 0 Å². The molecule has 1 N–H and O–H groups in total. The molecule has 0 spiro atoms. The highest BCUT2D eigenvalue weighted by atomic mass is 79.9. The van der Waals surface area contributed by atoms with Crippen molar-refractivity contribution in [3.05, 3.63) is 68.4 Å². The Morgan fingerprint density at radius 1 is 1.26 bits per heavy atom. The topological polar surface area (TPSA) is 55.2 Å². The van der Waals surface area contributed by atoms with Crippen molar-refractivity contribution >= 4 is 27.3 Å². The fourth-order valence-electron chi connectivity index (χ4n) is 1.65. The number of hydrogen-bond acceptors (Lipinski definition) is 3. The van der Waals surface area contributed by atoms with Crippen molar-refractivity contribution in [2.75, 3.05) is 5.32 Å². The Kier molecular flexibility index (Phi) is 4.11. The van der Waals surface area contributed by atoms with Crippen molar-refractivity contribution in [1.29, 1.82) is 0 Å². The minimum Gasteiger partial charge on any atom is -0.375 e. The molecule has 0 amide bonds. The van der Waals surface area contributed by atoms with Gasteiger partial charge >= 0.3 is 0 Å². The van der Waals surface area contributed by atoms with Gasteiger partial charge in [-0.3, -0.25) is 10.1 Å². The van der Waals surface area contributed by atoms with E-state index in [1.54, 1.807) is 0 Å². The van der Waals surface area contributed by atoms with Gasteiger partial charge in [0, 0.05) is 11.0 Å². The predicted molar refractivity (Wildman–Crippen MR) is 74.5 cm³/mol. The van der Waals surface area contributed by atoms with Crippen molar-refractivity contribution in [2.45, 2.75) is 6.54 Å². The molecule has 0 atom stereocenters. The summed E-state index contributed by atoms with van der Waals surface area (Å²) in [5.41, 5.74) is 0.995. The minimum atomic E-state index is -0.625. The maximum absolute atomic E-state index is 13.0. The molecular formula is C13H10BrFN2O2. The van der Waals surface area contributed by atoms with Gasteiger partial charge in [-0.1, -0.05) is 28.1 Å². The summed E-state index contributed by atoms with van der Waals surface area (Å²) in [5.74, 6) is -0.625. The van der Waals surface area contributed by atoms with Crippen LogP contribution in [-0.2, 0) is 6.54 Å². The molecule has 0 bridgehead atoms. The second kappa shape index (κ2) is 5.79. The van der Waals surface area contributed by atoms with Gasteiger partial charge in [-0.2, -0.15) is 0 Å². The molecule has 0 heterocycles. The first-order chi connectivity index (χ1) is 9.06. The number of nitrogens with one attached hydrogen (secondary N) is 1. The molecule has 2 aromatic carbocycles. The maximum atomic E-state index is 13.0. The van der Waals surface area contributed by atoms with E-state index in [-0.39, 0.29) is 5.69 Å². The number of halogens is 2. The van der Waals surface area contributed by atoms with Crippen molar-refractivity contribution in [2.24, 2.45) is 0 Å². The van der Waals surface area contributed by atoms with Crippen molar-refractivity contribution in [3.63, 3.8) is 0 Å². The predicted octanol–water partition coefficient (Wildman–Crippen LogP) is 4.11. The van der Waals surface area contributed by atoms with Crippen LogP contribution in [0.4, 0.5) is 15.8 Å².